The molecule has 2 aromatic rings. The van der Waals surface area contributed by atoms with Crippen molar-refractivity contribution in [3.8, 4) is 0 Å². The molecule has 0 saturated carbocycles. The molecular weight excluding hydrogens is 366 g/mol. The summed E-state index contributed by atoms with van der Waals surface area (Å²) in [6, 6.07) is 13.1. The predicted molar refractivity (Wildman–Crippen MR) is 103 cm³/mol. The average molecular weight is 382 g/mol. The van der Waals surface area contributed by atoms with Gasteiger partial charge in [-0.15, -0.1) is 0 Å². The Morgan fingerprint density at radius 2 is 1.81 bits per heavy atom. The molecule has 2 amide bonds. The number of hydrogen-bond donors (Lipinski definition) is 0. The van der Waals surface area contributed by atoms with E-state index >= 15 is 0 Å². The van der Waals surface area contributed by atoms with Crippen LogP contribution in [0.15, 0.2) is 53.6 Å². The molecule has 2 aliphatic rings. The number of nitrogens with zero attached hydrogens (tertiary/aromatic N) is 3. The Morgan fingerprint density at radius 1 is 1.07 bits per heavy atom. The van der Waals surface area contributed by atoms with Gasteiger partial charge in [-0.1, -0.05) is 35.9 Å². The second-order valence-electron chi connectivity index (χ2n) is 6.59. The van der Waals surface area contributed by atoms with Crippen molar-refractivity contribution in [2.45, 2.75) is 19.9 Å². The van der Waals surface area contributed by atoms with Crippen LogP contribution in [0, 0.1) is 12.8 Å². The maximum Gasteiger partial charge on any atom is 0.259 e. The lowest BCUT2D eigenvalue weighted by molar-refractivity contribution is -0.122. The van der Waals surface area contributed by atoms with Crippen molar-refractivity contribution in [1.82, 2.24) is 0 Å². The number of anilines is 2. The van der Waals surface area contributed by atoms with Gasteiger partial charge in [0, 0.05) is 11.9 Å². The minimum Gasteiger partial charge on any atom is -0.293 e. The molecule has 1 saturated heterocycles. The number of benzene rings is 2. The van der Waals surface area contributed by atoms with E-state index in [-0.39, 0.29) is 11.5 Å². The monoisotopic (exact) mass is 381 g/mol. The summed E-state index contributed by atoms with van der Waals surface area (Å²) >= 11 is 6.03. The highest BCUT2D eigenvalue weighted by atomic mass is 35.5. The maximum absolute atomic E-state index is 13.2. The highest BCUT2D eigenvalue weighted by Gasteiger charge is 2.58. The van der Waals surface area contributed by atoms with Gasteiger partial charge in [-0.3, -0.25) is 19.4 Å². The summed E-state index contributed by atoms with van der Waals surface area (Å²) in [5.74, 6) is -2.13. The van der Waals surface area contributed by atoms with Crippen LogP contribution >= 0.6 is 11.6 Å². The lowest BCUT2D eigenvalue weighted by Crippen LogP contribution is -2.39. The zero-order valence-corrected chi connectivity index (χ0v) is 15.5. The van der Waals surface area contributed by atoms with Gasteiger partial charge in [0.1, 0.15) is 17.7 Å². The minimum atomic E-state index is -0.923. The van der Waals surface area contributed by atoms with Crippen LogP contribution in [0.4, 0.5) is 11.4 Å². The van der Waals surface area contributed by atoms with Crippen molar-refractivity contribution in [2.75, 3.05) is 9.91 Å². The first-order valence-electron chi connectivity index (χ1n) is 8.48. The van der Waals surface area contributed by atoms with Crippen molar-refractivity contribution < 1.29 is 14.4 Å². The van der Waals surface area contributed by atoms with Crippen LogP contribution in [0.3, 0.4) is 0 Å². The van der Waals surface area contributed by atoms with Crippen LogP contribution in [0.5, 0.6) is 0 Å². The molecule has 2 aliphatic heterocycles. The van der Waals surface area contributed by atoms with Crippen LogP contribution in [-0.2, 0) is 14.4 Å². The van der Waals surface area contributed by atoms with E-state index in [4.69, 9.17) is 11.6 Å². The van der Waals surface area contributed by atoms with E-state index in [2.05, 4.69) is 5.10 Å². The van der Waals surface area contributed by atoms with E-state index in [0.29, 0.717) is 16.4 Å². The molecule has 2 aromatic carbocycles. The number of ketones is 1. The molecule has 2 atom stereocenters. The Kier molecular flexibility index (Phi) is 4.08. The fourth-order valence-electron chi connectivity index (χ4n) is 3.59. The number of carbonyl (C=O) groups excluding carboxylic acids is 3. The van der Waals surface area contributed by atoms with Crippen molar-refractivity contribution in [1.29, 1.82) is 0 Å². The van der Waals surface area contributed by atoms with E-state index < -0.39 is 23.8 Å². The van der Waals surface area contributed by atoms with Gasteiger partial charge in [0.05, 0.1) is 11.4 Å². The van der Waals surface area contributed by atoms with Gasteiger partial charge in [0.2, 0.25) is 5.91 Å². The Hall–Kier alpha value is -2.99. The first kappa shape index (κ1) is 17.4. The van der Waals surface area contributed by atoms with Crippen molar-refractivity contribution in [2.24, 2.45) is 11.0 Å². The summed E-state index contributed by atoms with van der Waals surface area (Å²) in [5.41, 5.74) is 2.08. The molecule has 136 valence electrons. The first-order chi connectivity index (χ1) is 12.9. The van der Waals surface area contributed by atoms with E-state index in [9.17, 15) is 14.4 Å². The number of Topliss-reactive ketones (excluding diaryl/α,β-unsaturated/α-hetero) is 1. The zero-order valence-electron chi connectivity index (χ0n) is 14.7. The number of fused-ring (bicyclic) bond motifs is 1. The second-order valence-corrected chi connectivity index (χ2v) is 7.02. The van der Waals surface area contributed by atoms with Gasteiger partial charge in [-0.05, 0) is 36.8 Å². The molecule has 0 bridgehead atoms. The topological polar surface area (TPSA) is 70.1 Å². The number of halogens is 1. The number of aryl methyl sites for hydroxylation is 1. The van der Waals surface area contributed by atoms with Crippen LogP contribution in [0.2, 0.25) is 5.02 Å². The van der Waals surface area contributed by atoms with E-state index in [1.807, 2.05) is 31.2 Å². The van der Waals surface area contributed by atoms with Crippen LogP contribution < -0.4 is 9.91 Å². The molecule has 27 heavy (non-hydrogen) atoms. The Bertz CT molecular complexity index is 1020. The highest BCUT2D eigenvalue weighted by molar-refractivity contribution is 6.49. The molecular formula is C20H16ClN3O3. The lowest BCUT2D eigenvalue weighted by atomic mass is 9.95. The molecule has 0 aromatic heterocycles. The number of carbonyl (C=O) groups is 3. The Balaban J connectivity index is 1.83. The van der Waals surface area contributed by atoms with Gasteiger partial charge >= 0.3 is 0 Å². The van der Waals surface area contributed by atoms with Gasteiger partial charge in [-0.25, -0.2) is 4.90 Å². The maximum atomic E-state index is 13.2. The summed E-state index contributed by atoms with van der Waals surface area (Å²) in [6.07, 6.45) is 0. The molecule has 2 heterocycles. The summed E-state index contributed by atoms with van der Waals surface area (Å²) in [6.45, 7) is 3.25. The molecule has 0 radical (unpaired) electrons. The molecule has 6 nitrogen and oxygen atoms in total. The SMILES string of the molecule is CC(=O)C1=NN(c2ccccc2C)[C@H]2C(=O)N(c3cccc(Cl)c3)C(=O)[C@@H]12. The lowest BCUT2D eigenvalue weighted by Gasteiger charge is -2.23. The average Bonchev–Trinajstić information content (AvgIpc) is 3.13. The van der Waals surface area contributed by atoms with Gasteiger partial charge in [-0.2, -0.15) is 5.10 Å². The fraction of sp³-hybridized carbons (Fsp3) is 0.200. The van der Waals surface area contributed by atoms with E-state index in [1.165, 1.54) is 11.9 Å². The van der Waals surface area contributed by atoms with Crippen molar-refractivity contribution >= 4 is 46.3 Å². The highest BCUT2D eigenvalue weighted by Crippen LogP contribution is 2.39. The number of hydrogen-bond acceptors (Lipinski definition) is 5. The Morgan fingerprint density at radius 3 is 2.48 bits per heavy atom. The third kappa shape index (κ3) is 2.64. The molecule has 4 rings (SSSR count). The largest absolute Gasteiger partial charge is 0.293 e. The summed E-state index contributed by atoms with van der Waals surface area (Å²) in [5, 5.41) is 6.28. The number of para-hydroxylation sites is 1. The molecule has 7 heteroatoms. The van der Waals surface area contributed by atoms with Crippen molar-refractivity contribution in [3.05, 3.63) is 59.1 Å². The number of rotatable bonds is 3. The van der Waals surface area contributed by atoms with Crippen LogP contribution in [0.1, 0.15) is 12.5 Å². The molecule has 0 aliphatic carbocycles. The quantitative estimate of drug-likeness (QED) is 0.766. The number of amides is 2. The predicted octanol–water partition coefficient (Wildman–Crippen LogP) is 2.97. The summed E-state index contributed by atoms with van der Waals surface area (Å²) in [4.78, 5) is 39.5. The van der Waals surface area contributed by atoms with Crippen molar-refractivity contribution in [3.63, 3.8) is 0 Å². The second kappa shape index (κ2) is 6.32. The van der Waals surface area contributed by atoms with Crippen LogP contribution in [-0.4, -0.2) is 29.4 Å². The Labute approximate surface area is 161 Å². The third-order valence-electron chi connectivity index (χ3n) is 4.84. The standard InChI is InChI=1S/C20H16ClN3O3/c1-11-6-3-4-9-15(11)24-18-16(17(22-24)12(2)25)19(26)23(20(18)27)14-8-5-7-13(21)10-14/h3-10,16,18H,1-2H3/t16-,18+/m0/s1. The molecule has 1 fully saturated rings. The van der Waals surface area contributed by atoms with Crippen LogP contribution in [0.25, 0.3) is 0 Å². The molecule has 0 spiro atoms. The fourth-order valence-corrected chi connectivity index (χ4v) is 3.78. The minimum absolute atomic E-state index is 0.103. The van der Waals surface area contributed by atoms with E-state index in [0.717, 1.165) is 10.5 Å². The summed E-state index contributed by atoms with van der Waals surface area (Å²) in [7, 11) is 0. The zero-order chi connectivity index (χ0) is 19.3. The molecule has 0 N–H and O–H groups in total. The van der Waals surface area contributed by atoms with Gasteiger partial charge in [0.15, 0.2) is 5.78 Å². The summed E-state index contributed by atoms with van der Waals surface area (Å²) < 4.78 is 0. The number of hydrazone groups is 1. The van der Waals surface area contributed by atoms with Gasteiger partial charge < -0.3 is 0 Å². The van der Waals surface area contributed by atoms with E-state index in [1.54, 1.807) is 24.3 Å². The smallest absolute Gasteiger partial charge is 0.259 e. The normalized spacial score (nSPS) is 21.5. The third-order valence-corrected chi connectivity index (χ3v) is 5.07. The van der Waals surface area contributed by atoms with Gasteiger partial charge in [0.25, 0.3) is 5.91 Å². The molecule has 0 unspecified atom stereocenters. The number of imide groups is 1. The first-order valence-corrected chi connectivity index (χ1v) is 8.85.